The normalized spacial score (nSPS) is 41.9. The van der Waals surface area contributed by atoms with Gasteiger partial charge in [0.25, 0.3) is 0 Å². The third kappa shape index (κ3) is 2.30. The molecule has 2 nitrogen and oxygen atoms in total. The Bertz CT molecular complexity index is 318. The zero-order chi connectivity index (χ0) is 12.4. The summed E-state index contributed by atoms with van der Waals surface area (Å²) in [6.07, 6.45) is 13.6. The van der Waals surface area contributed by atoms with E-state index in [1.54, 1.807) is 0 Å². The average Bonchev–Trinajstić information content (AvgIpc) is 2.46. The molecule has 18 heavy (non-hydrogen) atoms. The maximum atomic E-state index is 9.41. The van der Waals surface area contributed by atoms with Crippen molar-refractivity contribution >= 4 is 0 Å². The van der Waals surface area contributed by atoms with E-state index in [9.17, 15) is 5.26 Å². The lowest BCUT2D eigenvalue weighted by Gasteiger charge is -2.49. The minimum absolute atomic E-state index is 0.319. The molecule has 100 valence electrons. The van der Waals surface area contributed by atoms with Crippen LogP contribution in [0.2, 0.25) is 0 Å². The van der Waals surface area contributed by atoms with E-state index in [2.05, 4.69) is 11.0 Å². The highest BCUT2D eigenvalue weighted by atomic mass is 15.2. The van der Waals surface area contributed by atoms with E-state index in [1.807, 2.05) is 0 Å². The Labute approximate surface area is 111 Å². The van der Waals surface area contributed by atoms with E-state index in [0.29, 0.717) is 12.0 Å². The summed E-state index contributed by atoms with van der Waals surface area (Å²) in [7, 11) is 0. The quantitative estimate of drug-likeness (QED) is 0.705. The first-order chi connectivity index (χ1) is 8.90. The van der Waals surface area contributed by atoms with E-state index in [1.165, 1.54) is 64.3 Å². The van der Waals surface area contributed by atoms with Gasteiger partial charge in [0.15, 0.2) is 0 Å². The third-order valence-electron chi connectivity index (χ3n) is 5.61. The molecule has 0 aromatic carbocycles. The highest BCUT2D eigenvalue weighted by molar-refractivity contribution is 5.00. The highest BCUT2D eigenvalue weighted by Crippen LogP contribution is 2.39. The minimum atomic E-state index is 0.319. The van der Waals surface area contributed by atoms with Crippen LogP contribution >= 0.6 is 0 Å². The van der Waals surface area contributed by atoms with Gasteiger partial charge in [-0.2, -0.15) is 5.26 Å². The molecule has 0 bridgehead atoms. The Balaban J connectivity index is 1.74. The molecule has 1 saturated heterocycles. The number of piperidine rings is 1. The molecule has 3 rings (SSSR count). The van der Waals surface area contributed by atoms with Crippen LogP contribution in [-0.4, -0.2) is 23.5 Å². The highest BCUT2D eigenvalue weighted by Gasteiger charge is 2.39. The second-order valence-corrected chi connectivity index (χ2v) is 6.58. The number of fused-ring (bicyclic) bond motifs is 1. The molecule has 0 radical (unpaired) electrons. The molecule has 0 aromatic rings. The maximum Gasteiger partial charge on any atom is 0.0672 e. The van der Waals surface area contributed by atoms with Crippen molar-refractivity contribution in [2.24, 2.45) is 11.8 Å². The number of rotatable bonds is 1. The fourth-order valence-corrected chi connectivity index (χ4v) is 4.73. The predicted molar refractivity (Wildman–Crippen MR) is 73.0 cm³/mol. The van der Waals surface area contributed by atoms with Gasteiger partial charge in [-0.1, -0.05) is 25.7 Å². The van der Waals surface area contributed by atoms with Crippen LogP contribution in [0.5, 0.6) is 0 Å². The zero-order valence-corrected chi connectivity index (χ0v) is 11.5. The Morgan fingerprint density at radius 3 is 2.28 bits per heavy atom. The second kappa shape index (κ2) is 5.61. The van der Waals surface area contributed by atoms with Gasteiger partial charge in [-0.25, -0.2) is 0 Å². The molecule has 1 heterocycles. The molecule has 0 N–H and O–H groups in total. The van der Waals surface area contributed by atoms with Crippen LogP contribution in [0, 0.1) is 23.2 Å². The van der Waals surface area contributed by atoms with Crippen molar-refractivity contribution in [3.8, 4) is 6.07 Å². The molecule has 2 unspecified atom stereocenters. The fraction of sp³-hybridized carbons (Fsp3) is 0.938. The molecule has 2 aliphatic carbocycles. The Morgan fingerprint density at radius 2 is 1.44 bits per heavy atom. The van der Waals surface area contributed by atoms with Crippen LogP contribution in [0.4, 0.5) is 0 Å². The van der Waals surface area contributed by atoms with Crippen molar-refractivity contribution < 1.29 is 0 Å². The van der Waals surface area contributed by atoms with E-state index < -0.39 is 0 Å². The second-order valence-electron chi connectivity index (χ2n) is 6.58. The third-order valence-corrected chi connectivity index (χ3v) is 5.61. The van der Waals surface area contributed by atoms with Crippen molar-refractivity contribution in [1.29, 1.82) is 5.26 Å². The van der Waals surface area contributed by atoms with Crippen LogP contribution in [-0.2, 0) is 0 Å². The summed E-state index contributed by atoms with van der Waals surface area (Å²) >= 11 is 0. The van der Waals surface area contributed by atoms with Crippen LogP contribution in [0.3, 0.4) is 0 Å². The number of likely N-dealkylation sites (tertiary alicyclic amines) is 1. The van der Waals surface area contributed by atoms with E-state index in [-0.39, 0.29) is 0 Å². The molecule has 0 spiro atoms. The fourth-order valence-electron chi connectivity index (χ4n) is 4.73. The SMILES string of the molecule is N#CC1CCCCC1N1CCC[C@H]2CCCC[C@H]21. The van der Waals surface area contributed by atoms with Crippen LogP contribution < -0.4 is 0 Å². The van der Waals surface area contributed by atoms with Gasteiger partial charge in [-0.05, 0) is 51.0 Å². The van der Waals surface area contributed by atoms with Crippen LogP contribution in [0.15, 0.2) is 0 Å². The van der Waals surface area contributed by atoms with Crippen molar-refractivity contribution in [1.82, 2.24) is 4.90 Å². The first kappa shape index (κ1) is 12.5. The van der Waals surface area contributed by atoms with Gasteiger partial charge < -0.3 is 0 Å². The van der Waals surface area contributed by atoms with Crippen molar-refractivity contribution in [2.45, 2.75) is 76.3 Å². The lowest BCUT2D eigenvalue weighted by molar-refractivity contribution is 0.000820. The van der Waals surface area contributed by atoms with Crippen LogP contribution in [0.25, 0.3) is 0 Å². The van der Waals surface area contributed by atoms with E-state index in [4.69, 9.17) is 0 Å². The molecule has 0 amide bonds. The molecule has 0 aromatic heterocycles. The standard InChI is InChI=1S/C16H26N2/c17-12-14-7-2-4-10-16(14)18-11-5-8-13-6-1-3-9-15(13)18/h13-16H,1-11H2/t13-,14?,15-,16?/m1/s1. The van der Waals surface area contributed by atoms with E-state index >= 15 is 0 Å². The number of nitriles is 1. The molecule has 2 heteroatoms. The summed E-state index contributed by atoms with van der Waals surface area (Å²) in [5, 5.41) is 9.41. The van der Waals surface area contributed by atoms with Crippen LogP contribution in [0.1, 0.15) is 64.2 Å². The predicted octanol–water partition coefficient (Wildman–Crippen LogP) is 3.72. The first-order valence-corrected chi connectivity index (χ1v) is 8.05. The van der Waals surface area contributed by atoms with Gasteiger partial charge in [0.05, 0.1) is 12.0 Å². The van der Waals surface area contributed by atoms with Gasteiger partial charge in [-0.3, -0.25) is 4.90 Å². The molecule has 3 fully saturated rings. The summed E-state index contributed by atoms with van der Waals surface area (Å²) < 4.78 is 0. The summed E-state index contributed by atoms with van der Waals surface area (Å²) in [5.41, 5.74) is 0. The summed E-state index contributed by atoms with van der Waals surface area (Å²) in [6, 6.07) is 4.02. The van der Waals surface area contributed by atoms with Gasteiger partial charge in [0.1, 0.15) is 0 Å². The Morgan fingerprint density at radius 1 is 0.778 bits per heavy atom. The summed E-state index contributed by atoms with van der Waals surface area (Å²) in [4.78, 5) is 2.78. The van der Waals surface area contributed by atoms with Gasteiger partial charge in [0, 0.05) is 12.1 Å². The van der Waals surface area contributed by atoms with Crippen molar-refractivity contribution in [3.05, 3.63) is 0 Å². The molecular formula is C16H26N2. The number of hydrogen-bond acceptors (Lipinski definition) is 2. The lowest BCUT2D eigenvalue weighted by Crippen LogP contribution is -2.54. The lowest BCUT2D eigenvalue weighted by atomic mass is 9.75. The van der Waals surface area contributed by atoms with Crippen molar-refractivity contribution in [3.63, 3.8) is 0 Å². The van der Waals surface area contributed by atoms with Crippen molar-refractivity contribution in [2.75, 3.05) is 6.54 Å². The van der Waals surface area contributed by atoms with Gasteiger partial charge in [0.2, 0.25) is 0 Å². The summed E-state index contributed by atoms with van der Waals surface area (Å²) in [6.45, 7) is 1.27. The zero-order valence-electron chi connectivity index (χ0n) is 11.5. The first-order valence-electron chi connectivity index (χ1n) is 8.05. The molecule has 3 aliphatic rings. The van der Waals surface area contributed by atoms with E-state index in [0.717, 1.165) is 18.4 Å². The molecule has 4 atom stereocenters. The largest absolute Gasteiger partial charge is 0.296 e. The Hall–Kier alpha value is -0.550. The Kier molecular flexibility index (Phi) is 3.89. The smallest absolute Gasteiger partial charge is 0.0672 e. The molecular weight excluding hydrogens is 220 g/mol. The number of hydrogen-bond donors (Lipinski definition) is 0. The number of nitrogens with zero attached hydrogens (tertiary/aromatic N) is 2. The van der Waals surface area contributed by atoms with Gasteiger partial charge in [-0.15, -0.1) is 0 Å². The van der Waals surface area contributed by atoms with Gasteiger partial charge >= 0.3 is 0 Å². The maximum absolute atomic E-state index is 9.41. The monoisotopic (exact) mass is 246 g/mol. The minimum Gasteiger partial charge on any atom is -0.296 e. The summed E-state index contributed by atoms with van der Waals surface area (Å²) in [5.74, 6) is 1.27. The average molecular weight is 246 g/mol. The molecule has 2 saturated carbocycles. The molecule has 1 aliphatic heterocycles. The topological polar surface area (TPSA) is 27.0 Å².